The van der Waals surface area contributed by atoms with Gasteiger partial charge in [0, 0.05) is 19.3 Å². The average Bonchev–Trinajstić information content (AvgIpc) is 3.19. The first kappa shape index (κ1) is 54.4. The first-order valence-corrected chi connectivity index (χ1v) is 24.9. The van der Waals surface area contributed by atoms with Crippen LogP contribution in [0.25, 0.3) is 0 Å². The van der Waals surface area contributed by atoms with Gasteiger partial charge in [-0.2, -0.15) is 0 Å². The monoisotopic (exact) mass is 793 g/mol. The summed E-state index contributed by atoms with van der Waals surface area (Å²) in [5.74, 6) is 0.0147. The van der Waals surface area contributed by atoms with E-state index in [2.05, 4.69) is 27.7 Å². The normalized spacial score (nSPS) is 12.4. The number of hydrogen-bond donors (Lipinski definition) is 0. The molecule has 0 saturated heterocycles. The number of carbonyl (C=O) groups is 3. The van der Waals surface area contributed by atoms with Gasteiger partial charge in [-0.05, 0) is 25.2 Å². The standard InChI is InChI=1S/C50H96O6/c1-5-8-10-12-14-15-16-17-18-19-20-21-22-26-30-33-37-41-48(51)54-44-47(56-50(53)43-39-35-28-13-11-9-6-2)45-55-49(52)42-38-34-31-27-24-23-25-29-32-36-40-46(4)7-3/h46-47H,5-45H2,1-4H3/t46?,47-/m0/s1. The molecule has 6 nitrogen and oxygen atoms in total. The molecule has 0 heterocycles. The van der Waals surface area contributed by atoms with Gasteiger partial charge in [0.15, 0.2) is 6.10 Å². The van der Waals surface area contributed by atoms with Gasteiger partial charge >= 0.3 is 17.9 Å². The van der Waals surface area contributed by atoms with Crippen LogP contribution in [0.2, 0.25) is 0 Å². The molecule has 56 heavy (non-hydrogen) atoms. The molecule has 0 radical (unpaired) electrons. The third-order valence-corrected chi connectivity index (χ3v) is 11.7. The summed E-state index contributed by atoms with van der Waals surface area (Å²) in [6.45, 7) is 9.00. The van der Waals surface area contributed by atoms with E-state index in [-0.39, 0.29) is 31.1 Å². The Labute approximate surface area is 348 Å². The minimum atomic E-state index is -0.759. The average molecular weight is 793 g/mol. The van der Waals surface area contributed by atoms with Gasteiger partial charge in [-0.15, -0.1) is 0 Å². The van der Waals surface area contributed by atoms with Crippen LogP contribution in [0.15, 0.2) is 0 Å². The van der Waals surface area contributed by atoms with Crippen molar-refractivity contribution in [3.05, 3.63) is 0 Å². The molecule has 0 aliphatic rings. The van der Waals surface area contributed by atoms with Crippen LogP contribution in [0, 0.1) is 5.92 Å². The van der Waals surface area contributed by atoms with E-state index >= 15 is 0 Å². The van der Waals surface area contributed by atoms with Gasteiger partial charge in [0.25, 0.3) is 0 Å². The smallest absolute Gasteiger partial charge is 0.306 e. The third-order valence-electron chi connectivity index (χ3n) is 11.7. The molecule has 6 heteroatoms. The number of ether oxygens (including phenoxy) is 3. The van der Waals surface area contributed by atoms with Crippen LogP contribution in [0.3, 0.4) is 0 Å². The maximum absolute atomic E-state index is 12.6. The van der Waals surface area contributed by atoms with E-state index in [4.69, 9.17) is 14.2 Å². The molecule has 0 N–H and O–H groups in total. The second-order valence-corrected chi connectivity index (χ2v) is 17.3. The van der Waals surface area contributed by atoms with Crippen molar-refractivity contribution in [2.45, 2.75) is 284 Å². The van der Waals surface area contributed by atoms with Gasteiger partial charge < -0.3 is 14.2 Å². The number of rotatable bonds is 45. The fraction of sp³-hybridized carbons (Fsp3) is 0.940. The van der Waals surface area contributed by atoms with Crippen molar-refractivity contribution in [2.75, 3.05) is 13.2 Å². The highest BCUT2D eigenvalue weighted by Crippen LogP contribution is 2.17. The summed E-state index contributed by atoms with van der Waals surface area (Å²) in [4.78, 5) is 37.7. The molecule has 0 aromatic carbocycles. The molecule has 0 fully saturated rings. The number of esters is 3. The Kier molecular flexibility index (Phi) is 43.2. The molecular weight excluding hydrogens is 697 g/mol. The van der Waals surface area contributed by atoms with Gasteiger partial charge in [-0.3, -0.25) is 14.4 Å². The van der Waals surface area contributed by atoms with E-state index in [1.54, 1.807) is 0 Å². The SMILES string of the molecule is CCCCCCCCCCCCCCCCCCCC(=O)OC[C@@H](COC(=O)CCCCCCCCCCCCC(C)CC)OC(=O)CCCCCCCCC. The van der Waals surface area contributed by atoms with Crippen LogP contribution < -0.4 is 0 Å². The predicted octanol–water partition coefficient (Wildman–Crippen LogP) is 15.9. The lowest BCUT2D eigenvalue weighted by molar-refractivity contribution is -0.167. The van der Waals surface area contributed by atoms with Crippen LogP contribution in [0.1, 0.15) is 278 Å². The number of carbonyl (C=O) groups excluding carboxylic acids is 3. The van der Waals surface area contributed by atoms with Gasteiger partial charge in [0.1, 0.15) is 13.2 Å². The maximum Gasteiger partial charge on any atom is 0.306 e. The van der Waals surface area contributed by atoms with Crippen molar-refractivity contribution in [1.29, 1.82) is 0 Å². The van der Waals surface area contributed by atoms with Gasteiger partial charge in [-0.1, -0.05) is 240 Å². The lowest BCUT2D eigenvalue weighted by Gasteiger charge is -2.18. The predicted molar refractivity (Wildman–Crippen MR) is 238 cm³/mol. The zero-order valence-electron chi connectivity index (χ0n) is 38.1. The molecule has 0 bridgehead atoms. The third kappa shape index (κ3) is 42.0. The lowest BCUT2D eigenvalue weighted by Crippen LogP contribution is -2.30. The highest BCUT2D eigenvalue weighted by molar-refractivity contribution is 5.71. The Morgan fingerprint density at radius 2 is 0.625 bits per heavy atom. The molecule has 0 aliphatic carbocycles. The summed E-state index contributed by atoms with van der Waals surface area (Å²) < 4.78 is 16.7. The fourth-order valence-electron chi connectivity index (χ4n) is 7.48. The van der Waals surface area contributed by atoms with Gasteiger partial charge in [0.2, 0.25) is 0 Å². The first-order chi connectivity index (χ1) is 27.4. The molecule has 0 spiro atoms. The van der Waals surface area contributed by atoms with Crippen molar-refractivity contribution in [3.63, 3.8) is 0 Å². The van der Waals surface area contributed by atoms with E-state index in [0.29, 0.717) is 19.3 Å². The summed E-state index contributed by atoms with van der Waals surface area (Å²) in [5.41, 5.74) is 0. The minimum absolute atomic E-state index is 0.0638. The van der Waals surface area contributed by atoms with Crippen molar-refractivity contribution in [1.82, 2.24) is 0 Å². The summed E-state index contributed by atoms with van der Waals surface area (Å²) in [6.07, 6.45) is 45.2. The Bertz CT molecular complexity index is 843. The highest BCUT2D eigenvalue weighted by Gasteiger charge is 2.19. The molecule has 2 atom stereocenters. The largest absolute Gasteiger partial charge is 0.462 e. The summed E-state index contributed by atoms with van der Waals surface area (Å²) in [7, 11) is 0. The van der Waals surface area contributed by atoms with Crippen molar-refractivity contribution in [3.8, 4) is 0 Å². The number of unbranched alkanes of at least 4 members (excludes halogenated alkanes) is 31. The van der Waals surface area contributed by atoms with E-state index in [1.165, 1.54) is 173 Å². The van der Waals surface area contributed by atoms with E-state index in [0.717, 1.165) is 63.7 Å². The quantitative estimate of drug-likeness (QED) is 0.0347. The second-order valence-electron chi connectivity index (χ2n) is 17.3. The molecule has 0 aromatic rings. The summed E-state index contributed by atoms with van der Waals surface area (Å²) in [5, 5.41) is 0. The first-order valence-electron chi connectivity index (χ1n) is 24.9. The van der Waals surface area contributed by atoms with E-state index in [1.807, 2.05) is 0 Å². The van der Waals surface area contributed by atoms with Gasteiger partial charge in [-0.25, -0.2) is 0 Å². The summed E-state index contributed by atoms with van der Waals surface area (Å²) in [6, 6.07) is 0. The molecule has 332 valence electrons. The fourth-order valence-corrected chi connectivity index (χ4v) is 7.48. The molecular formula is C50H96O6. The van der Waals surface area contributed by atoms with Crippen molar-refractivity contribution in [2.24, 2.45) is 5.92 Å². The van der Waals surface area contributed by atoms with Crippen molar-refractivity contribution < 1.29 is 28.6 Å². The molecule has 0 amide bonds. The lowest BCUT2D eigenvalue weighted by atomic mass is 9.99. The van der Waals surface area contributed by atoms with Gasteiger partial charge in [0.05, 0.1) is 0 Å². The Hall–Kier alpha value is -1.59. The molecule has 1 unspecified atom stereocenters. The van der Waals surface area contributed by atoms with Crippen LogP contribution >= 0.6 is 0 Å². The Morgan fingerprint density at radius 1 is 0.357 bits per heavy atom. The van der Waals surface area contributed by atoms with E-state index in [9.17, 15) is 14.4 Å². The zero-order valence-corrected chi connectivity index (χ0v) is 38.1. The summed E-state index contributed by atoms with van der Waals surface area (Å²) >= 11 is 0. The maximum atomic E-state index is 12.6. The molecule has 0 aliphatic heterocycles. The zero-order chi connectivity index (χ0) is 41.0. The number of hydrogen-bond acceptors (Lipinski definition) is 6. The topological polar surface area (TPSA) is 78.9 Å². The Balaban J connectivity index is 4.18. The van der Waals surface area contributed by atoms with Crippen LogP contribution in [-0.4, -0.2) is 37.2 Å². The molecule has 0 rings (SSSR count). The van der Waals surface area contributed by atoms with Crippen molar-refractivity contribution >= 4 is 17.9 Å². The minimum Gasteiger partial charge on any atom is -0.462 e. The van der Waals surface area contributed by atoms with Crippen LogP contribution in [-0.2, 0) is 28.6 Å². The Morgan fingerprint density at radius 3 is 0.929 bits per heavy atom. The highest BCUT2D eigenvalue weighted by atomic mass is 16.6. The van der Waals surface area contributed by atoms with Crippen LogP contribution in [0.4, 0.5) is 0 Å². The van der Waals surface area contributed by atoms with E-state index < -0.39 is 6.10 Å². The molecule has 0 saturated carbocycles. The molecule has 0 aromatic heterocycles. The second kappa shape index (κ2) is 44.5. The van der Waals surface area contributed by atoms with Crippen LogP contribution in [0.5, 0.6) is 0 Å².